The molecule has 98 valence electrons. The number of hydrogen-bond donors (Lipinski definition) is 2. The van der Waals surface area contributed by atoms with Gasteiger partial charge in [-0.2, -0.15) is 0 Å². The number of β-amino-alcohol motifs (C(OH)–C–C–N with tert-alkyl or cyclic N) is 1. The molecule has 1 aromatic carbocycles. The van der Waals surface area contributed by atoms with E-state index in [1.54, 1.807) is 0 Å². The van der Waals surface area contributed by atoms with Crippen LogP contribution >= 0.6 is 0 Å². The highest BCUT2D eigenvalue weighted by Gasteiger charge is 2.36. The molecule has 0 saturated carbocycles. The van der Waals surface area contributed by atoms with Gasteiger partial charge in [-0.05, 0) is 6.07 Å². The number of aliphatic hydroxyl groups is 1. The fraction of sp³-hybridized carbons (Fsp3) is 0.417. The second-order valence-corrected chi connectivity index (χ2v) is 4.39. The van der Waals surface area contributed by atoms with Crippen LogP contribution in [0.2, 0.25) is 0 Å². The van der Waals surface area contributed by atoms with E-state index in [1.807, 2.05) is 0 Å². The SMILES string of the molecule is O=C(O)C1CC(O)CN1Cc1cccc(F)c1F. The Morgan fingerprint density at radius 2 is 2.17 bits per heavy atom. The maximum Gasteiger partial charge on any atom is 0.321 e. The van der Waals surface area contributed by atoms with Gasteiger partial charge in [0.05, 0.1) is 6.10 Å². The van der Waals surface area contributed by atoms with Gasteiger partial charge in [0, 0.05) is 25.1 Å². The van der Waals surface area contributed by atoms with Gasteiger partial charge in [-0.1, -0.05) is 12.1 Å². The molecule has 0 bridgehead atoms. The zero-order valence-corrected chi connectivity index (χ0v) is 9.51. The van der Waals surface area contributed by atoms with Crippen LogP contribution < -0.4 is 0 Å². The van der Waals surface area contributed by atoms with E-state index in [2.05, 4.69) is 0 Å². The van der Waals surface area contributed by atoms with Crippen LogP contribution in [0.5, 0.6) is 0 Å². The van der Waals surface area contributed by atoms with E-state index in [0.29, 0.717) is 0 Å². The molecule has 2 rings (SSSR count). The molecule has 2 unspecified atom stereocenters. The number of carboxylic acid groups (broad SMARTS) is 1. The molecule has 0 amide bonds. The second-order valence-electron chi connectivity index (χ2n) is 4.39. The molecule has 1 aromatic rings. The number of hydrogen-bond acceptors (Lipinski definition) is 3. The number of aliphatic carboxylic acids is 1. The Kier molecular flexibility index (Phi) is 3.58. The number of nitrogens with zero attached hydrogens (tertiary/aromatic N) is 1. The molecule has 2 N–H and O–H groups in total. The van der Waals surface area contributed by atoms with Crippen molar-refractivity contribution in [1.29, 1.82) is 0 Å². The van der Waals surface area contributed by atoms with Crippen molar-refractivity contribution in [2.45, 2.75) is 25.1 Å². The van der Waals surface area contributed by atoms with E-state index in [1.165, 1.54) is 17.0 Å². The van der Waals surface area contributed by atoms with Crippen LogP contribution in [-0.4, -0.2) is 39.8 Å². The fourth-order valence-corrected chi connectivity index (χ4v) is 2.20. The zero-order chi connectivity index (χ0) is 13.3. The molecule has 0 spiro atoms. The standard InChI is InChI=1S/C12H13F2NO3/c13-9-3-1-2-7(11(9)14)5-15-6-8(16)4-10(15)12(17)18/h1-3,8,10,16H,4-6H2,(H,17,18). The van der Waals surface area contributed by atoms with E-state index in [0.717, 1.165) is 6.07 Å². The lowest BCUT2D eigenvalue weighted by Gasteiger charge is -2.20. The number of benzene rings is 1. The Bertz CT molecular complexity index is 467. The van der Waals surface area contributed by atoms with Crippen molar-refractivity contribution >= 4 is 5.97 Å². The largest absolute Gasteiger partial charge is 0.480 e. The Balaban J connectivity index is 2.17. The van der Waals surface area contributed by atoms with Crippen LogP contribution in [0.4, 0.5) is 8.78 Å². The van der Waals surface area contributed by atoms with E-state index in [-0.39, 0.29) is 25.1 Å². The van der Waals surface area contributed by atoms with Crippen molar-refractivity contribution < 1.29 is 23.8 Å². The van der Waals surface area contributed by atoms with Gasteiger partial charge < -0.3 is 10.2 Å². The molecule has 6 heteroatoms. The van der Waals surface area contributed by atoms with Crippen molar-refractivity contribution in [3.8, 4) is 0 Å². The van der Waals surface area contributed by atoms with Crippen molar-refractivity contribution in [1.82, 2.24) is 4.90 Å². The van der Waals surface area contributed by atoms with Crippen molar-refractivity contribution in [3.63, 3.8) is 0 Å². The summed E-state index contributed by atoms with van der Waals surface area (Å²) in [5.41, 5.74) is 0.0929. The average Bonchev–Trinajstić information content (AvgIpc) is 2.66. The number of rotatable bonds is 3. The summed E-state index contributed by atoms with van der Waals surface area (Å²) in [6, 6.07) is 2.92. The molecule has 1 fully saturated rings. The van der Waals surface area contributed by atoms with Gasteiger partial charge in [-0.25, -0.2) is 8.78 Å². The van der Waals surface area contributed by atoms with Crippen molar-refractivity contribution in [3.05, 3.63) is 35.4 Å². The lowest BCUT2D eigenvalue weighted by Crippen LogP contribution is -2.35. The normalized spacial score (nSPS) is 24.4. The fourth-order valence-electron chi connectivity index (χ4n) is 2.20. The third kappa shape index (κ3) is 2.49. The average molecular weight is 257 g/mol. The lowest BCUT2D eigenvalue weighted by atomic mass is 10.1. The maximum absolute atomic E-state index is 13.5. The van der Waals surface area contributed by atoms with Crippen LogP contribution in [0.3, 0.4) is 0 Å². The third-order valence-electron chi connectivity index (χ3n) is 3.07. The number of likely N-dealkylation sites (tertiary alicyclic amines) is 1. The Hall–Kier alpha value is -1.53. The predicted molar refractivity (Wildman–Crippen MR) is 58.8 cm³/mol. The molecular weight excluding hydrogens is 244 g/mol. The molecular formula is C12H13F2NO3. The molecule has 1 aliphatic heterocycles. The summed E-state index contributed by atoms with van der Waals surface area (Å²) < 4.78 is 26.5. The smallest absolute Gasteiger partial charge is 0.321 e. The minimum Gasteiger partial charge on any atom is -0.480 e. The second kappa shape index (κ2) is 4.99. The number of halogens is 2. The first-order valence-electron chi connectivity index (χ1n) is 5.57. The third-order valence-corrected chi connectivity index (χ3v) is 3.07. The van der Waals surface area contributed by atoms with Gasteiger partial charge in [-0.15, -0.1) is 0 Å². The molecule has 2 atom stereocenters. The summed E-state index contributed by atoms with van der Waals surface area (Å²) in [5, 5.41) is 18.4. The molecule has 1 saturated heterocycles. The summed E-state index contributed by atoms with van der Waals surface area (Å²) in [6.45, 7) is 0.116. The van der Waals surface area contributed by atoms with Crippen LogP contribution in [0.15, 0.2) is 18.2 Å². The predicted octanol–water partition coefficient (Wildman–Crippen LogP) is 0.985. The van der Waals surface area contributed by atoms with E-state index in [9.17, 15) is 18.7 Å². The molecule has 0 radical (unpaired) electrons. The number of aliphatic hydroxyl groups excluding tert-OH is 1. The van der Waals surface area contributed by atoms with E-state index in [4.69, 9.17) is 5.11 Å². The maximum atomic E-state index is 13.5. The molecule has 1 aliphatic rings. The molecule has 0 aliphatic carbocycles. The van der Waals surface area contributed by atoms with Crippen LogP contribution in [0, 0.1) is 11.6 Å². The van der Waals surface area contributed by atoms with Gasteiger partial charge in [0.15, 0.2) is 11.6 Å². The first-order chi connectivity index (χ1) is 8.49. The van der Waals surface area contributed by atoms with Crippen molar-refractivity contribution in [2.75, 3.05) is 6.54 Å². The van der Waals surface area contributed by atoms with Crippen LogP contribution in [-0.2, 0) is 11.3 Å². The molecule has 1 heterocycles. The van der Waals surface area contributed by atoms with Gasteiger partial charge in [0.25, 0.3) is 0 Å². The highest BCUT2D eigenvalue weighted by molar-refractivity contribution is 5.74. The van der Waals surface area contributed by atoms with Gasteiger partial charge in [-0.3, -0.25) is 9.69 Å². The quantitative estimate of drug-likeness (QED) is 0.847. The Labute approximate surface area is 102 Å². The van der Waals surface area contributed by atoms with Gasteiger partial charge >= 0.3 is 5.97 Å². The monoisotopic (exact) mass is 257 g/mol. The Morgan fingerprint density at radius 3 is 2.83 bits per heavy atom. The molecule has 4 nitrogen and oxygen atoms in total. The summed E-state index contributed by atoms with van der Waals surface area (Å²) in [4.78, 5) is 12.4. The Morgan fingerprint density at radius 1 is 1.44 bits per heavy atom. The number of carbonyl (C=O) groups is 1. The van der Waals surface area contributed by atoms with Gasteiger partial charge in [0.1, 0.15) is 6.04 Å². The summed E-state index contributed by atoms with van der Waals surface area (Å²) in [5.74, 6) is -2.99. The molecule has 0 aromatic heterocycles. The molecule has 18 heavy (non-hydrogen) atoms. The highest BCUT2D eigenvalue weighted by atomic mass is 19.2. The lowest BCUT2D eigenvalue weighted by molar-refractivity contribution is -0.142. The summed E-state index contributed by atoms with van der Waals surface area (Å²) >= 11 is 0. The number of carboxylic acids is 1. The van der Waals surface area contributed by atoms with E-state index < -0.39 is 29.7 Å². The topological polar surface area (TPSA) is 60.8 Å². The highest BCUT2D eigenvalue weighted by Crippen LogP contribution is 2.22. The van der Waals surface area contributed by atoms with Crippen molar-refractivity contribution in [2.24, 2.45) is 0 Å². The minimum atomic E-state index is -1.07. The van der Waals surface area contributed by atoms with Crippen LogP contribution in [0.25, 0.3) is 0 Å². The first kappa shape index (κ1) is 12.9. The van der Waals surface area contributed by atoms with Crippen LogP contribution in [0.1, 0.15) is 12.0 Å². The van der Waals surface area contributed by atoms with E-state index >= 15 is 0 Å². The zero-order valence-electron chi connectivity index (χ0n) is 9.51. The summed E-state index contributed by atoms with van der Waals surface area (Å²) in [6.07, 6.45) is -0.644. The summed E-state index contributed by atoms with van der Waals surface area (Å²) in [7, 11) is 0. The first-order valence-corrected chi connectivity index (χ1v) is 5.57. The van der Waals surface area contributed by atoms with Gasteiger partial charge in [0.2, 0.25) is 0 Å². The minimum absolute atomic E-state index is 0.0301.